The molecule has 0 N–H and O–H groups in total. The summed E-state index contributed by atoms with van der Waals surface area (Å²) in [6, 6.07) is 2.41. The zero-order valence-electron chi connectivity index (χ0n) is 9.76. The first kappa shape index (κ1) is 10.7. The van der Waals surface area contributed by atoms with Gasteiger partial charge in [-0.1, -0.05) is 25.8 Å². The van der Waals surface area contributed by atoms with Crippen molar-refractivity contribution in [3.8, 4) is 0 Å². The van der Waals surface area contributed by atoms with Crippen molar-refractivity contribution in [2.24, 2.45) is 0 Å². The lowest BCUT2D eigenvalue weighted by atomic mass is 10.0. The molecule has 0 atom stereocenters. The Hall–Kier alpha value is -0.850. The highest BCUT2D eigenvalue weighted by Crippen LogP contribution is 2.20. The summed E-state index contributed by atoms with van der Waals surface area (Å²) in [7, 11) is 0. The molecule has 1 aromatic rings. The Morgan fingerprint density at radius 1 is 1.20 bits per heavy atom. The van der Waals surface area contributed by atoms with Crippen LogP contribution < -0.4 is 0 Å². The van der Waals surface area contributed by atoms with Gasteiger partial charge in [-0.3, -0.25) is 4.98 Å². The Morgan fingerprint density at radius 3 is 2.93 bits per heavy atom. The van der Waals surface area contributed by atoms with E-state index in [0.29, 0.717) is 0 Å². The Balaban J connectivity index is 2.13. The summed E-state index contributed by atoms with van der Waals surface area (Å²) in [6.45, 7) is 2.25. The second-order valence-electron chi connectivity index (χ2n) is 4.61. The number of nitrogens with zero attached hydrogens (tertiary/aromatic N) is 1. The summed E-state index contributed by atoms with van der Waals surface area (Å²) in [5.41, 5.74) is 4.34. The molecule has 1 heteroatoms. The van der Waals surface area contributed by atoms with Crippen LogP contribution >= 0.6 is 0 Å². The first-order valence-electron chi connectivity index (χ1n) is 6.37. The molecule has 0 amide bonds. The fraction of sp³-hybridized carbons (Fsp3) is 0.643. The van der Waals surface area contributed by atoms with Crippen LogP contribution in [0.4, 0.5) is 0 Å². The van der Waals surface area contributed by atoms with Crippen LogP contribution in [0.2, 0.25) is 0 Å². The third-order valence-corrected chi connectivity index (χ3v) is 3.30. The Morgan fingerprint density at radius 2 is 2.07 bits per heavy atom. The number of pyridine rings is 1. The maximum absolute atomic E-state index is 4.63. The van der Waals surface area contributed by atoms with Crippen LogP contribution in [0, 0.1) is 0 Å². The summed E-state index contributed by atoms with van der Waals surface area (Å²) in [5.74, 6) is 0. The molecule has 82 valence electrons. The van der Waals surface area contributed by atoms with Crippen molar-refractivity contribution in [2.75, 3.05) is 0 Å². The van der Waals surface area contributed by atoms with E-state index in [0.717, 1.165) is 0 Å². The quantitative estimate of drug-likeness (QED) is 0.683. The summed E-state index contributed by atoms with van der Waals surface area (Å²) in [6.07, 6.45) is 12.4. The number of aromatic nitrogens is 1. The van der Waals surface area contributed by atoms with Gasteiger partial charge in [-0.2, -0.15) is 0 Å². The predicted molar refractivity (Wildman–Crippen MR) is 64.1 cm³/mol. The van der Waals surface area contributed by atoms with Crippen molar-refractivity contribution < 1.29 is 0 Å². The highest BCUT2D eigenvalue weighted by atomic mass is 14.7. The molecule has 0 unspecified atom stereocenters. The van der Waals surface area contributed by atoms with E-state index in [-0.39, 0.29) is 0 Å². The topological polar surface area (TPSA) is 12.9 Å². The lowest BCUT2D eigenvalue weighted by molar-refractivity contribution is 0.708. The molecule has 0 saturated heterocycles. The van der Waals surface area contributed by atoms with E-state index >= 15 is 0 Å². The van der Waals surface area contributed by atoms with Gasteiger partial charge in [-0.15, -0.1) is 0 Å². The fourth-order valence-electron chi connectivity index (χ4n) is 2.33. The minimum Gasteiger partial charge on any atom is -0.261 e. The summed E-state index contributed by atoms with van der Waals surface area (Å²) in [4.78, 5) is 4.63. The lowest BCUT2D eigenvalue weighted by Crippen LogP contribution is -1.98. The highest BCUT2D eigenvalue weighted by molar-refractivity contribution is 5.26. The standard InChI is InChI=1S/C14H21N/c1-2-3-7-12-10-13-8-5-4-6-9-14(13)15-11-12/h10-11H,2-9H2,1H3. The fourth-order valence-corrected chi connectivity index (χ4v) is 2.33. The van der Waals surface area contributed by atoms with Crippen LogP contribution in [0.1, 0.15) is 55.8 Å². The van der Waals surface area contributed by atoms with E-state index in [9.17, 15) is 0 Å². The average Bonchev–Trinajstić information content (AvgIpc) is 2.50. The van der Waals surface area contributed by atoms with Gasteiger partial charge in [0.1, 0.15) is 0 Å². The Kier molecular flexibility index (Phi) is 3.76. The van der Waals surface area contributed by atoms with Gasteiger partial charge in [0.15, 0.2) is 0 Å². The molecule has 0 aromatic carbocycles. The Bertz CT molecular complexity index is 317. The first-order chi connectivity index (χ1) is 7.40. The molecule has 15 heavy (non-hydrogen) atoms. The number of unbranched alkanes of at least 4 members (excludes halogenated alkanes) is 1. The van der Waals surface area contributed by atoms with Gasteiger partial charge < -0.3 is 0 Å². The molecule has 1 aromatic heterocycles. The first-order valence-corrected chi connectivity index (χ1v) is 6.37. The maximum Gasteiger partial charge on any atom is 0.0435 e. The van der Waals surface area contributed by atoms with Crippen molar-refractivity contribution >= 4 is 0 Å². The molecule has 0 spiro atoms. The van der Waals surface area contributed by atoms with E-state index in [1.165, 1.54) is 68.2 Å². The van der Waals surface area contributed by atoms with E-state index < -0.39 is 0 Å². The van der Waals surface area contributed by atoms with Gasteiger partial charge in [0, 0.05) is 11.9 Å². The van der Waals surface area contributed by atoms with Gasteiger partial charge in [0.05, 0.1) is 0 Å². The van der Waals surface area contributed by atoms with Crippen LogP contribution in [-0.2, 0) is 19.3 Å². The maximum atomic E-state index is 4.63. The van der Waals surface area contributed by atoms with Gasteiger partial charge in [0.2, 0.25) is 0 Å². The predicted octanol–water partition coefficient (Wildman–Crippen LogP) is 3.69. The normalized spacial score (nSPS) is 15.8. The molecule has 1 nitrogen and oxygen atoms in total. The van der Waals surface area contributed by atoms with Crippen molar-refractivity contribution in [3.63, 3.8) is 0 Å². The van der Waals surface area contributed by atoms with Crippen molar-refractivity contribution in [3.05, 3.63) is 29.1 Å². The summed E-state index contributed by atoms with van der Waals surface area (Å²) in [5, 5.41) is 0. The van der Waals surface area contributed by atoms with Crippen LogP contribution in [-0.4, -0.2) is 4.98 Å². The van der Waals surface area contributed by atoms with E-state index in [4.69, 9.17) is 0 Å². The zero-order chi connectivity index (χ0) is 10.5. The number of fused-ring (bicyclic) bond motifs is 1. The van der Waals surface area contributed by atoms with Crippen LogP contribution in [0.3, 0.4) is 0 Å². The molecule has 0 aliphatic heterocycles. The monoisotopic (exact) mass is 203 g/mol. The number of aryl methyl sites for hydroxylation is 3. The molecular weight excluding hydrogens is 182 g/mol. The molecular formula is C14H21N. The molecule has 0 radical (unpaired) electrons. The largest absolute Gasteiger partial charge is 0.261 e. The van der Waals surface area contributed by atoms with Crippen LogP contribution in [0.5, 0.6) is 0 Å². The molecule has 0 fully saturated rings. The molecule has 2 rings (SSSR count). The van der Waals surface area contributed by atoms with Crippen LogP contribution in [0.15, 0.2) is 12.3 Å². The second-order valence-corrected chi connectivity index (χ2v) is 4.61. The third kappa shape index (κ3) is 2.80. The van der Waals surface area contributed by atoms with Crippen molar-refractivity contribution in [1.29, 1.82) is 0 Å². The number of rotatable bonds is 3. The molecule has 1 aliphatic carbocycles. The van der Waals surface area contributed by atoms with E-state index in [1.54, 1.807) is 0 Å². The third-order valence-electron chi connectivity index (χ3n) is 3.30. The Labute approximate surface area is 92.9 Å². The van der Waals surface area contributed by atoms with Gasteiger partial charge in [-0.05, 0) is 49.7 Å². The number of hydrogen-bond donors (Lipinski definition) is 0. The zero-order valence-corrected chi connectivity index (χ0v) is 9.76. The number of hydrogen-bond acceptors (Lipinski definition) is 1. The smallest absolute Gasteiger partial charge is 0.0435 e. The molecule has 0 bridgehead atoms. The summed E-state index contributed by atoms with van der Waals surface area (Å²) >= 11 is 0. The van der Waals surface area contributed by atoms with Gasteiger partial charge in [-0.25, -0.2) is 0 Å². The average molecular weight is 203 g/mol. The molecule has 1 heterocycles. The van der Waals surface area contributed by atoms with Crippen molar-refractivity contribution in [2.45, 2.75) is 58.3 Å². The minimum absolute atomic E-state index is 1.20. The van der Waals surface area contributed by atoms with E-state index in [1.807, 2.05) is 0 Å². The van der Waals surface area contributed by atoms with Gasteiger partial charge >= 0.3 is 0 Å². The van der Waals surface area contributed by atoms with Crippen LogP contribution in [0.25, 0.3) is 0 Å². The molecule has 0 saturated carbocycles. The second kappa shape index (κ2) is 5.29. The highest BCUT2D eigenvalue weighted by Gasteiger charge is 2.09. The minimum atomic E-state index is 1.20. The summed E-state index contributed by atoms with van der Waals surface area (Å²) < 4.78 is 0. The lowest BCUT2D eigenvalue weighted by Gasteiger charge is -2.07. The molecule has 1 aliphatic rings. The van der Waals surface area contributed by atoms with Gasteiger partial charge in [0.25, 0.3) is 0 Å². The van der Waals surface area contributed by atoms with Crippen molar-refractivity contribution in [1.82, 2.24) is 4.98 Å². The SMILES string of the molecule is CCCCc1cnc2c(c1)CCCCC2. The van der Waals surface area contributed by atoms with E-state index in [2.05, 4.69) is 24.2 Å².